The number of rotatable bonds is 3. The number of benzene rings is 2. The molecule has 0 atom stereocenters. The van der Waals surface area contributed by atoms with Gasteiger partial charge in [0, 0.05) is 37.4 Å². The van der Waals surface area contributed by atoms with Crippen LogP contribution in [0, 0.1) is 6.92 Å². The number of aryl methyl sites for hydroxylation is 1. The molecule has 4 heteroatoms. The van der Waals surface area contributed by atoms with Crippen LogP contribution in [0.1, 0.15) is 5.56 Å². The molecule has 2 aromatic carbocycles. The third kappa shape index (κ3) is 3.48. The first kappa shape index (κ1) is 15.6. The van der Waals surface area contributed by atoms with Gasteiger partial charge in [0.2, 0.25) is 0 Å². The third-order valence-electron chi connectivity index (χ3n) is 4.66. The van der Waals surface area contributed by atoms with Gasteiger partial charge in [-0.15, -0.1) is 0 Å². The monoisotopic (exact) mass is 330 g/mol. The first-order valence-corrected chi connectivity index (χ1v) is 8.74. The summed E-state index contributed by atoms with van der Waals surface area (Å²) in [6, 6.07) is 19.0. The van der Waals surface area contributed by atoms with Gasteiger partial charge in [-0.1, -0.05) is 42.0 Å². The lowest BCUT2D eigenvalue weighted by Crippen LogP contribution is -2.46. The molecule has 126 valence electrons. The van der Waals surface area contributed by atoms with Crippen LogP contribution in [0.3, 0.4) is 0 Å². The third-order valence-corrected chi connectivity index (χ3v) is 4.66. The van der Waals surface area contributed by atoms with Crippen LogP contribution in [-0.2, 0) is 0 Å². The van der Waals surface area contributed by atoms with Gasteiger partial charge in [0.05, 0.1) is 18.1 Å². The molecule has 0 saturated carbocycles. The molecule has 4 rings (SSSR count). The maximum atomic E-state index is 4.85. The summed E-state index contributed by atoms with van der Waals surface area (Å²) < 4.78 is 0. The molecule has 2 heterocycles. The number of nitrogens with zero attached hydrogens (tertiary/aromatic N) is 4. The van der Waals surface area contributed by atoms with Gasteiger partial charge in [0.15, 0.2) is 0 Å². The fourth-order valence-electron chi connectivity index (χ4n) is 3.28. The average molecular weight is 330 g/mol. The first-order chi connectivity index (χ1) is 12.3. The maximum absolute atomic E-state index is 4.85. The van der Waals surface area contributed by atoms with E-state index in [2.05, 4.69) is 76.3 Å². The highest BCUT2D eigenvalue weighted by atomic mass is 15.3. The summed E-state index contributed by atoms with van der Waals surface area (Å²) in [4.78, 5) is 14.0. The summed E-state index contributed by atoms with van der Waals surface area (Å²) in [7, 11) is 0. The fourth-order valence-corrected chi connectivity index (χ4v) is 3.28. The van der Waals surface area contributed by atoms with Crippen molar-refractivity contribution in [2.24, 2.45) is 0 Å². The minimum atomic E-state index is 0.937. The Balaban J connectivity index is 1.49. The molecule has 0 aliphatic carbocycles. The lowest BCUT2D eigenvalue weighted by molar-refractivity contribution is 0.646. The van der Waals surface area contributed by atoms with E-state index >= 15 is 0 Å². The van der Waals surface area contributed by atoms with Gasteiger partial charge < -0.3 is 9.80 Å². The molecular formula is C21H22N4. The molecule has 0 bridgehead atoms. The van der Waals surface area contributed by atoms with Crippen molar-refractivity contribution in [3.05, 3.63) is 72.6 Å². The number of piperazine rings is 1. The molecule has 1 aliphatic rings. The Labute approximate surface area is 148 Å². The first-order valence-electron chi connectivity index (χ1n) is 8.74. The molecule has 0 N–H and O–H groups in total. The van der Waals surface area contributed by atoms with Crippen LogP contribution in [0.15, 0.2) is 67.0 Å². The van der Waals surface area contributed by atoms with E-state index in [1.165, 1.54) is 11.3 Å². The highest BCUT2D eigenvalue weighted by molar-refractivity contribution is 5.61. The van der Waals surface area contributed by atoms with Crippen LogP contribution in [-0.4, -0.2) is 36.1 Å². The Kier molecular flexibility index (Phi) is 4.34. The second-order valence-electron chi connectivity index (χ2n) is 6.44. The van der Waals surface area contributed by atoms with Gasteiger partial charge in [-0.2, -0.15) is 0 Å². The quantitative estimate of drug-likeness (QED) is 0.731. The number of hydrogen-bond acceptors (Lipinski definition) is 4. The second-order valence-corrected chi connectivity index (χ2v) is 6.44. The van der Waals surface area contributed by atoms with Gasteiger partial charge in [0.25, 0.3) is 0 Å². The van der Waals surface area contributed by atoms with Crippen molar-refractivity contribution in [3.63, 3.8) is 0 Å². The summed E-state index contributed by atoms with van der Waals surface area (Å²) in [5.74, 6) is 0.965. The van der Waals surface area contributed by atoms with Crippen molar-refractivity contribution in [1.82, 2.24) is 9.97 Å². The molecule has 0 amide bonds. The summed E-state index contributed by atoms with van der Waals surface area (Å²) >= 11 is 0. The van der Waals surface area contributed by atoms with Crippen LogP contribution in [0.4, 0.5) is 11.5 Å². The van der Waals surface area contributed by atoms with E-state index in [9.17, 15) is 0 Å². The van der Waals surface area contributed by atoms with E-state index in [0.717, 1.165) is 43.3 Å². The minimum absolute atomic E-state index is 0.937. The number of anilines is 2. The van der Waals surface area contributed by atoms with Gasteiger partial charge in [0.1, 0.15) is 5.82 Å². The largest absolute Gasteiger partial charge is 0.368 e. The Morgan fingerprint density at radius 2 is 1.56 bits per heavy atom. The molecule has 0 spiro atoms. The van der Waals surface area contributed by atoms with Crippen LogP contribution in [0.5, 0.6) is 0 Å². The molecule has 1 aromatic heterocycles. The summed E-state index contributed by atoms with van der Waals surface area (Å²) in [5, 5.41) is 0. The zero-order valence-electron chi connectivity index (χ0n) is 14.5. The van der Waals surface area contributed by atoms with Crippen molar-refractivity contribution in [3.8, 4) is 11.3 Å². The van der Waals surface area contributed by atoms with Crippen LogP contribution in [0.25, 0.3) is 11.3 Å². The normalized spacial score (nSPS) is 14.6. The predicted octanol–water partition coefficient (Wildman–Crippen LogP) is 3.78. The highest BCUT2D eigenvalue weighted by Gasteiger charge is 2.18. The van der Waals surface area contributed by atoms with Crippen molar-refractivity contribution >= 4 is 11.5 Å². The zero-order valence-corrected chi connectivity index (χ0v) is 14.5. The molecule has 4 nitrogen and oxygen atoms in total. The topological polar surface area (TPSA) is 32.3 Å². The van der Waals surface area contributed by atoms with Gasteiger partial charge in [-0.25, -0.2) is 4.98 Å². The fraction of sp³-hybridized carbons (Fsp3) is 0.238. The number of para-hydroxylation sites is 1. The Hall–Kier alpha value is -2.88. The van der Waals surface area contributed by atoms with Gasteiger partial charge >= 0.3 is 0 Å². The summed E-state index contributed by atoms with van der Waals surface area (Å²) in [5.41, 5.74) is 4.59. The summed E-state index contributed by atoms with van der Waals surface area (Å²) in [6.45, 7) is 6.02. The highest BCUT2D eigenvalue weighted by Crippen LogP contribution is 2.22. The standard InChI is InChI=1S/C21H22N4/c1-17-6-5-7-18(14-17)20-15-22-16-21(23-20)25-12-10-24(11-13-25)19-8-3-2-4-9-19/h2-9,14-16H,10-13H2,1H3. The SMILES string of the molecule is Cc1cccc(-c2cncc(N3CCN(c4ccccc4)CC3)n2)c1. The molecule has 1 aliphatic heterocycles. The zero-order chi connectivity index (χ0) is 17.1. The van der Waals surface area contributed by atoms with Gasteiger partial charge in [-0.3, -0.25) is 4.98 Å². The van der Waals surface area contributed by atoms with Crippen LogP contribution < -0.4 is 9.80 Å². The van der Waals surface area contributed by atoms with Crippen molar-refractivity contribution in [2.45, 2.75) is 6.92 Å². The summed E-state index contributed by atoms with van der Waals surface area (Å²) in [6.07, 6.45) is 3.72. The van der Waals surface area contributed by atoms with E-state index in [1.807, 2.05) is 12.4 Å². The molecular weight excluding hydrogens is 308 g/mol. The van der Waals surface area contributed by atoms with E-state index in [1.54, 1.807) is 0 Å². The molecule has 3 aromatic rings. The maximum Gasteiger partial charge on any atom is 0.147 e. The second kappa shape index (κ2) is 6.93. The predicted molar refractivity (Wildman–Crippen MR) is 103 cm³/mol. The van der Waals surface area contributed by atoms with Crippen molar-refractivity contribution in [1.29, 1.82) is 0 Å². The van der Waals surface area contributed by atoms with E-state index in [4.69, 9.17) is 4.98 Å². The Morgan fingerprint density at radius 1 is 0.800 bits per heavy atom. The minimum Gasteiger partial charge on any atom is -0.368 e. The van der Waals surface area contributed by atoms with Crippen LogP contribution in [0.2, 0.25) is 0 Å². The molecule has 25 heavy (non-hydrogen) atoms. The molecule has 0 radical (unpaired) electrons. The Morgan fingerprint density at radius 3 is 2.32 bits per heavy atom. The van der Waals surface area contributed by atoms with E-state index in [0.29, 0.717) is 0 Å². The number of hydrogen-bond donors (Lipinski definition) is 0. The number of aromatic nitrogens is 2. The lowest BCUT2D eigenvalue weighted by Gasteiger charge is -2.36. The smallest absolute Gasteiger partial charge is 0.147 e. The van der Waals surface area contributed by atoms with E-state index in [-0.39, 0.29) is 0 Å². The molecule has 0 unspecified atom stereocenters. The Bertz CT molecular complexity index is 839. The average Bonchev–Trinajstić information content (AvgIpc) is 2.69. The lowest BCUT2D eigenvalue weighted by atomic mass is 10.1. The van der Waals surface area contributed by atoms with Crippen molar-refractivity contribution < 1.29 is 0 Å². The van der Waals surface area contributed by atoms with Crippen LogP contribution >= 0.6 is 0 Å². The van der Waals surface area contributed by atoms with E-state index < -0.39 is 0 Å². The molecule has 1 saturated heterocycles. The molecule has 1 fully saturated rings. The van der Waals surface area contributed by atoms with Gasteiger partial charge in [-0.05, 0) is 25.1 Å². The van der Waals surface area contributed by atoms with Crippen molar-refractivity contribution in [2.75, 3.05) is 36.0 Å².